The van der Waals surface area contributed by atoms with E-state index < -0.39 is 4.92 Å². The number of non-ortho nitro benzene ring substituents is 1. The van der Waals surface area contributed by atoms with Gasteiger partial charge in [-0.2, -0.15) is 10.5 Å². The average molecular weight is 225 g/mol. The summed E-state index contributed by atoms with van der Waals surface area (Å²) in [5.74, 6) is -0.0850. The Morgan fingerprint density at radius 2 is 1.87 bits per heavy atom. The van der Waals surface area contributed by atoms with Gasteiger partial charge >= 0.3 is 0 Å². The minimum Gasteiger partial charge on any atom is -0.289 e. The van der Waals surface area contributed by atoms with Gasteiger partial charge in [0.2, 0.25) is 0 Å². The van der Waals surface area contributed by atoms with Crippen molar-refractivity contribution in [3.63, 3.8) is 0 Å². The smallest absolute Gasteiger partial charge is 0.269 e. The molecule has 0 unspecified atom stereocenters. The molecule has 0 aliphatic rings. The standard InChI is InChI=1S/C10H11NO3S/c1-15(2)7-10(12)8-3-5-9(6-4-8)11(13)14/h3-7H,1-2H3. The molecule has 0 amide bonds. The Morgan fingerprint density at radius 1 is 1.33 bits per heavy atom. The van der Waals surface area contributed by atoms with Crippen molar-refractivity contribution in [2.45, 2.75) is 0 Å². The highest BCUT2D eigenvalue weighted by Gasteiger charge is 2.07. The molecule has 0 aromatic heterocycles. The molecule has 1 rings (SSSR count). The second-order valence-corrected chi connectivity index (χ2v) is 5.16. The Hall–Kier alpha value is -1.49. The van der Waals surface area contributed by atoms with Gasteiger partial charge in [0.1, 0.15) is 0 Å². The normalized spacial score (nSPS) is 10.1. The minimum absolute atomic E-state index is 0.00135. The summed E-state index contributed by atoms with van der Waals surface area (Å²) in [5.41, 5.74) is 0.486. The van der Waals surface area contributed by atoms with Crippen LogP contribution in [0.3, 0.4) is 0 Å². The predicted molar refractivity (Wildman–Crippen MR) is 62.9 cm³/mol. The maximum atomic E-state index is 11.5. The highest BCUT2D eigenvalue weighted by molar-refractivity contribution is 8.14. The van der Waals surface area contributed by atoms with Crippen LogP contribution in [0.5, 0.6) is 0 Å². The van der Waals surface area contributed by atoms with Crippen molar-refractivity contribution in [3.8, 4) is 0 Å². The average Bonchev–Trinajstić information content (AvgIpc) is 2.17. The van der Waals surface area contributed by atoms with Gasteiger partial charge in [0.15, 0.2) is 5.78 Å². The second kappa shape index (κ2) is 4.84. The Labute approximate surface area is 90.0 Å². The molecule has 0 fully saturated rings. The van der Waals surface area contributed by atoms with Gasteiger partial charge in [-0.25, -0.2) is 0 Å². The van der Waals surface area contributed by atoms with Crippen LogP contribution in [0.15, 0.2) is 24.3 Å². The third-order valence-electron chi connectivity index (χ3n) is 1.71. The monoisotopic (exact) mass is 225 g/mol. The van der Waals surface area contributed by atoms with Gasteiger partial charge in [-0.15, -0.1) is 0 Å². The van der Waals surface area contributed by atoms with E-state index in [1.165, 1.54) is 24.3 Å². The van der Waals surface area contributed by atoms with E-state index >= 15 is 0 Å². The molecule has 0 aliphatic carbocycles. The number of nitro benzene ring substituents is 1. The number of carbonyl (C=O) groups excluding carboxylic acids is 1. The molecule has 1 aromatic carbocycles. The third kappa shape index (κ3) is 3.28. The lowest BCUT2D eigenvalue weighted by Crippen LogP contribution is -2.00. The summed E-state index contributed by atoms with van der Waals surface area (Å²) < 4.78 is 0. The van der Waals surface area contributed by atoms with Gasteiger partial charge in [0.05, 0.1) is 4.92 Å². The number of carbonyl (C=O) groups is 1. The molecule has 80 valence electrons. The van der Waals surface area contributed by atoms with E-state index in [1.54, 1.807) is 5.37 Å². The van der Waals surface area contributed by atoms with E-state index in [4.69, 9.17) is 0 Å². The molecule has 4 nitrogen and oxygen atoms in total. The number of nitrogens with zero attached hydrogens (tertiary/aromatic N) is 1. The van der Waals surface area contributed by atoms with Crippen LogP contribution in [0.25, 0.3) is 0 Å². The second-order valence-electron chi connectivity index (χ2n) is 3.17. The lowest BCUT2D eigenvalue weighted by atomic mass is 10.1. The van der Waals surface area contributed by atoms with E-state index in [1.807, 2.05) is 12.5 Å². The van der Waals surface area contributed by atoms with Gasteiger partial charge in [0.25, 0.3) is 5.69 Å². The van der Waals surface area contributed by atoms with Crippen molar-refractivity contribution < 1.29 is 9.72 Å². The summed E-state index contributed by atoms with van der Waals surface area (Å²) in [5, 5.41) is 12.0. The molecule has 0 aliphatic heterocycles. The van der Waals surface area contributed by atoms with Gasteiger partial charge in [-0.05, 0) is 24.6 Å². The first-order chi connectivity index (χ1) is 7.00. The SMILES string of the molecule is CS(C)=CC(=O)c1ccc([N+](=O)[O-])cc1. The quantitative estimate of drug-likeness (QED) is 0.342. The van der Waals surface area contributed by atoms with Crippen molar-refractivity contribution in [2.75, 3.05) is 12.5 Å². The lowest BCUT2D eigenvalue weighted by Gasteiger charge is -1.96. The maximum absolute atomic E-state index is 11.5. The fraction of sp³-hybridized carbons (Fsp3) is 0.200. The molecular formula is C10H11NO3S. The van der Waals surface area contributed by atoms with Crippen LogP contribution in [0.2, 0.25) is 0 Å². The minimum atomic E-state index is -0.484. The molecule has 5 heteroatoms. The molecule has 0 spiro atoms. The number of hydrogen-bond donors (Lipinski definition) is 0. The summed E-state index contributed by atoms with van der Waals surface area (Å²) in [4.78, 5) is 21.4. The van der Waals surface area contributed by atoms with Crippen LogP contribution in [-0.4, -0.2) is 28.6 Å². The molecule has 15 heavy (non-hydrogen) atoms. The van der Waals surface area contributed by atoms with E-state index in [9.17, 15) is 14.9 Å². The fourth-order valence-corrected chi connectivity index (χ4v) is 1.59. The van der Waals surface area contributed by atoms with Gasteiger partial charge in [-0.3, -0.25) is 14.9 Å². The summed E-state index contributed by atoms with van der Waals surface area (Å²) >= 11 is 0. The van der Waals surface area contributed by atoms with E-state index in [-0.39, 0.29) is 22.0 Å². The van der Waals surface area contributed by atoms with Crippen LogP contribution in [0.4, 0.5) is 5.69 Å². The molecule has 0 N–H and O–H groups in total. The van der Waals surface area contributed by atoms with Crippen molar-refractivity contribution in [1.82, 2.24) is 0 Å². The molecule has 0 saturated carbocycles. The number of Topliss-reactive ketones (excluding diaryl/α,β-unsaturated/α-hetero) is 1. The Balaban J connectivity index is 2.94. The summed E-state index contributed by atoms with van der Waals surface area (Å²) in [6, 6.07) is 5.63. The summed E-state index contributed by atoms with van der Waals surface area (Å²) in [6.07, 6.45) is 3.87. The first-order valence-corrected chi connectivity index (χ1v) is 6.31. The van der Waals surface area contributed by atoms with Crippen LogP contribution in [0.1, 0.15) is 10.4 Å². The Bertz CT molecular complexity index is 419. The van der Waals surface area contributed by atoms with Crippen molar-refractivity contribution in [1.29, 1.82) is 0 Å². The maximum Gasteiger partial charge on any atom is 0.269 e. The molecule has 1 aromatic rings. The van der Waals surface area contributed by atoms with Crippen molar-refractivity contribution >= 4 is 27.3 Å². The van der Waals surface area contributed by atoms with Gasteiger partial charge in [-0.1, -0.05) is 0 Å². The van der Waals surface area contributed by atoms with Crippen molar-refractivity contribution in [2.24, 2.45) is 0 Å². The van der Waals surface area contributed by atoms with Crippen molar-refractivity contribution in [3.05, 3.63) is 39.9 Å². The summed E-state index contributed by atoms with van der Waals surface area (Å²) in [6.45, 7) is 0. The van der Waals surface area contributed by atoms with Crippen LogP contribution in [-0.2, 0) is 0 Å². The first kappa shape index (κ1) is 11.6. The Kier molecular flexibility index (Phi) is 3.74. The number of nitro groups is 1. The topological polar surface area (TPSA) is 60.2 Å². The molecule has 0 radical (unpaired) electrons. The van der Waals surface area contributed by atoms with E-state index in [2.05, 4.69) is 0 Å². The zero-order chi connectivity index (χ0) is 11.4. The molecule has 0 atom stereocenters. The number of hydrogen-bond acceptors (Lipinski definition) is 3. The highest BCUT2D eigenvalue weighted by atomic mass is 32.2. The van der Waals surface area contributed by atoms with Gasteiger partial charge in [0, 0.05) is 23.1 Å². The zero-order valence-electron chi connectivity index (χ0n) is 8.47. The summed E-state index contributed by atoms with van der Waals surface area (Å²) in [7, 11) is -0.0687. The largest absolute Gasteiger partial charge is 0.289 e. The first-order valence-electron chi connectivity index (χ1n) is 4.21. The zero-order valence-corrected chi connectivity index (χ0v) is 9.28. The fourth-order valence-electron chi connectivity index (χ4n) is 1.03. The molecule has 0 saturated heterocycles. The number of benzene rings is 1. The lowest BCUT2D eigenvalue weighted by molar-refractivity contribution is -0.384. The van der Waals surface area contributed by atoms with Crippen LogP contribution < -0.4 is 0 Å². The van der Waals surface area contributed by atoms with E-state index in [0.29, 0.717) is 5.56 Å². The predicted octanol–water partition coefficient (Wildman–Crippen LogP) is 2.11. The number of rotatable bonds is 3. The highest BCUT2D eigenvalue weighted by Crippen LogP contribution is 2.12. The Morgan fingerprint density at radius 3 is 2.27 bits per heavy atom. The van der Waals surface area contributed by atoms with Gasteiger partial charge < -0.3 is 0 Å². The molecule has 0 heterocycles. The molecular weight excluding hydrogens is 214 g/mol. The van der Waals surface area contributed by atoms with Crippen LogP contribution >= 0.6 is 10.5 Å². The van der Waals surface area contributed by atoms with Crippen LogP contribution in [0, 0.1) is 10.1 Å². The van der Waals surface area contributed by atoms with E-state index in [0.717, 1.165) is 0 Å². The number of ketones is 1. The third-order valence-corrected chi connectivity index (χ3v) is 2.39. The molecule has 0 bridgehead atoms.